The van der Waals surface area contributed by atoms with Crippen LogP contribution in [-0.4, -0.2) is 26.3 Å². The van der Waals surface area contributed by atoms with Gasteiger partial charge in [-0.3, -0.25) is 0 Å². The highest BCUT2D eigenvalue weighted by Crippen LogP contribution is 2.27. The lowest BCUT2D eigenvalue weighted by molar-refractivity contribution is 0.260. The van der Waals surface area contributed by atoms with Crippen LogP contribution in [0.1, 0.15) is 25.8 Å². The van der Waals surface area contributed by atoms with Crippen molar-refractivity contribution in [3.05, 3.63) is 23.8 Å². The summed E-state index contributed by atoms with van der Waals surface area (Å²) in [5.41, 5.74) is 1.17. The normalized spacial score (nSPS) is 12.2. The minimum absolute atomic E-state index is 0.348. The molecule has 96 valence electrons. The molecule has 0 saturated heterocycles. The molecule has 0 heterocycles. The van der Waals surface area contributed by atoms with E-state index in [0.717, 1.165) is 24.5 Å². The van der Waals surface area contributed by atoms with Crippen LogP contribution in [0.25, 0.3) is 0 Å². The largest absolute Gasteiger partial charge is 0.493 e. The van der Waals surface area contributed by atoms with Crippen molar-refractivity contribution >= 4 is 0 Å². The van der Waals surface area contributed by atoms with Crippen LogP contribution in [0.4, 0.5) is 0 Å². The van der Waals surface area contributed by atoms with Crippen LogP contribution in [0.15, 0.2) is 18.2 Å². The molecule has 0 radical (unpaired) electrons. The predicted octanol–water partition coefficient (Wildman–Crippen LogP) is 2.77. The Balaban J connectivity index is 2.50. The van der Waals surface area contributed by atoms with Crippen molar-refractivity contribution in [2.45, 2.75) is 33.2 Å². The van der Waals surface area contributed by atoms with Gasteiger partial charge in [-0.25, -0.2) is 0 Å². The van der Waals surface area contributed by atoms with Crippen LogP contribution in [0, 0.1) is 6.92 Å². The Labute approximate surface area is 104 Å². The van der Waals surface area contributed by atoms with Crippen LogP contribution in [-0.2, 0) is 0 Å². The summed E-state index contributed by atoms with van der Waals surface area (Å²) in [7, 11) is 1.67. The van der Waals surface area contributed by atoms with Gasteiger partial charge in [0.2, 0.25) is 0 Å². The summed E-state index contributed by atoms with van der Waals surface area (Å²) < 4.78 is 11.0. The summed E-state index contributed by atoms with van der Waals surface area (Å²) in [6.45, 7) is 7.99. The minimum Gasteiger partial charge on any atom is -0.493 e. The molecular formula is C14H23NO2. The van der Waals surface area contributed by atoms with Crippen molar-refractivity contribution in [2.75, 3.05) is 20.3 Å². The number of benzene rings is 1. The smallest absolute Gasteiger partial charge is 0.161 e. The number of ether oxygens (including phenoxy) is 2. The van der Waals surface area contributed by atoms with Gasteiger partial charge in [-0.05, 0) is 44.5 Å². The van der Waals surface area contributed by atoms with Crippen LogP contribution in [0.5, 0.6) is 11.5 Å². The zero-order valence-corrected chi connectivity index (χ0v) is 11.2. The maximum atomic E-state index is 5.75. The van der Waals surface area contributed by atoms with E-state index in [1.54, 1.807) is 7.11 Å². The van der Waals surface area contributed by atoms with Gasteiger partial charge in [-0.1, -0.05) is 13.0 Å². The third-order valence-corrected chi connectivity index (χ3v) is 2.55. The summed E-state index contributed by atoms with van der Waals surface area (Å²) in [5, 5.41) is 3.39. The third kappa shape index (κ3) is 4.65. The van der Waals surface area contributed by atoms with E-state index in [0.29, 0.717) is 12.6 Å². The molecule has 0 amide bonds. The van der Waals surface area contributed by atoms with Gasteiger partial charge in [0.15, 0.2) is 11.5 Å². The van der Waals surface area contributed by atoms with Crippen LogP contribution < -0.4 is 14.8 Å². The topological polar surface area (TPSA) is 30.5 Å². The zero-order chi connectivity index (χ0) is 12.7. The molecule has 1 aromatic rings. The van der Waals surface area contributed by atoms with Gasteiger partial charge in [0.1, 0.15) is 6.61 Å². The molecule has 1 atom stereocenters. The summed E-state index contributed by atoms with van der Waals surface area (Å²) in [6, 6.07) is 6.32. The molecule has 3 heteroatoms. The highest BCUT2D eigenvalue weighted by molar-refractivity contribution is 5.42. The third-order valence-electron chi connectivity index (χ3n) is 2.55. The van der Waals surface area contributed by atoms with Gasteiger partial charge in [0.05, 0.1) is 7.11 Å². The van der Waals surface area contributed by atoms with Gasteiger partial charge < -0.3 is 14.8 Å². The Morgan fingerprint density at radius 1 is 1.29 bits per heavy atom. The fourth-order valence-corrected chi connectivity index (χ4v) is 1.56. The number of aryl methyl sites for hydroxylation is 1. The molecule has 17 heavy (non-hydrogen) atoms. The summed E-state index contributed by atoms with van der Waals surface area (Å²) in [5.74, 6) is 1.61. The molecule has 0 saturated carbocycles. The zero-order valence-electron chi connectivity index (χ0n) is 11.2. The standard InChI is InChI=1S/C14H23NO2/c1-5-8-15-12(3)10-17-13-7-6-11(2)9-14(13)16-4/h6-7,9,12,15H,5,8,10H2,1-4H3. The Bertz CT molecular complexity index is 339. The van der Waals surface area contributed by atoms with Crippen LogP contribution >= 0.6 is 0 Å². The van der Waals surface area contributed by atoms with Crippen molar-refractivity contribution in [3.63, 3.8) is 0 Å². The molecule has 0 aliphatic heterocycles. The fourth-order valence-electron chi connectivity index (χ4n) is 1.56. The SMILES string of the molecule is CCCNC(C)COc1ccc(C)cc1OC. The molecule has 0 spiro atoms. The van der Waals surface area contributed by atoms with Crippen LogP contribution in [0.3, 0.4) is 0 Å². The lowest BCUT2D eigenvalue weighted by Gasteiger charge is -2.16. The van der Waals surface area contributed by atoms with E-state index in [1.165, 1.54) is 5.56 Å². The molecule has 1 rings (SSSR count). The average Bonchev–Trinajstić information content (AvgIpc) is 2.34. The number of hydrogen-bond acceptors (Lipinski definition) is 3. The monoisotopic (exact) mass is 237 g/mol. The Hall–Kier alpha value is -1.22. The second-order valence-corrected chi connectivity index (χ2v) is 4.32. The first-order chi connectivity index (χ1) is 8.17. The van der Waals surface area contributed by atoms with Crippen LogP contribution in [0.2, 0.25) is 0 Å². The highest BCUT2D eigenvalue weighted by atomic mass is 16.5. The molecule has 1 aromatic carbocycles. The van der Waals surface area contributed by atoms with Gasteiger partial charge in [-0.15, -0.1) is 0 Å². The van der Waals surface area contributed by atoms with Gasteiger partial charge >= 0.3 is 0 Å². The minimum atomic E-state index is 0.348. The maximum absolute atomic E-state index is 5.75. The van der Waals surface area contributed by atoms with E-state index in [4.69, 9.17) is 9.47 Å². The average molecular weight is 237 g/mol. The predicted molar refractivity (Wildman–Crippen MR) is 71.0 cm³/mol. The first-order valence-electron chi connectivity index (χ1n) is 6.18. The Kier molecular flexibility index (Phi) is 5.84. The molecule has 0 aliphatic carbocycles. The van der Waals surface area contributed by atoms with E-state index >= 15 is 0 Å². The van der Waals surface area contributed by atoms with Crippen molar-refractivity contribution < 1.29 is 9.47 Å². The quantitative estimate of drug-likeness (QED) is 0.791. The van der Waals surface area contributed by atoms with Gasteiger partial charge in [-0.2, -0.15) is 0 Å². The number of methoxy groups -OCH3 is 1. The summed E-state index contributed by atoms with van der Waals surface area (Å²) in [6.07, 6.45) is 1.14. The molecule has 1 N–H and O–H groups in total. The van der Waals surface area contributed by atoms with E-state index < -0.39 is 0 Å². The Morgan fingerprint density at radius 3 is 2.71 bits per heavy atom. The molecule has 0 aromatic heterocycles. The van der Waals surface area contributed by atoms with E-state index in [9.17, 15) is 0 Å². The summed E-state index contributed by atoms with van der Waals surface area (Å²) in [4.78, 5) is 0. The Morgan fingerprint density at radius 2 is 2.06 bits per heavy atom. The number of rotatable bonds is 7. The van der Waals surface area contributed by atoms with Crippen molar-refractivity contribution in [3.8, 4) is 11.5 Å². The van der Waals surface area contributed by atoms with Gasteiger partial charge in [0, 0.05) is 6.04 Å². The summed E-state index contributed by atoms with van der Waals surface area (Å²) >= 11 is 0. The first kappa shape index (κ1) is 13.8. The second-order valence-electron chi connectivity index (χ2n) is 4.32. The first-order valence-corrected chi connectivity index (χ1v) is 6.18. The molecule has 3 nitrogen and oxygen atoms in total. The maximum Gasteiger partial charge on any atom is 0.161 e. The molecular weight excluding hydrogens is 214 g/mol. The van der Waals surface area contributed by atoms with E-state index in [-0.39, 0.29) is 0 Å². The van der Waals surface area contributed by atoms with Crippen molar-refractivity contribution in [1.29, 1.82) is 0 Å². The molecule has 1 unspecified atom stereocenters. The lowest BCUT2D eigenvalue weighted by Crippen LogP contribution is -2.32. The van der Waals surface area contributed by atoms with Crippen molar-refractivity contribution in [2.24, 2.45) is 0 Å². The number of nitrogens with one attached hydrogen (secondary N) is 1. The second kappa shape index (κ2) is 7.17. The highest BCUT2D eigenvalue weighted by Gasteiger charge is 2.06. The van der Waals surface area contributed by atoms with Gasteiger partial charge in [0.25, 0.3) is 0 Å². The molecule has 0 aliphatic rings. The van der Waals surface area contributed by atoms with E-state index in [2.05, 4.69) is 19.2 Å². The van der Waals surface area contributed by atoms with E-state index in [1.807, 2.05) is 25.1 Å². The molecule has 0 fully saturated rings. The van der Waals surface area contributed by atoms with Crippen molar-refractivity contribution in [1.82, 2.24) is 5.32 Å². The number of hydrogen-bond donors (Lipinski definition) is 1. The lowest BCUT2D eigenvalue weighted by atomic mass is 10.2. The molecule has 0 bridgehead atoms. The fraction of sp³-hybridized carbons (Fsp3) is 0.571.